The molecule has 0 aromatic heterocycles. The Kier molecular flexibility index (Phi) is 5.33. The summed E-state index contributed by atoms with van der Waals surface area (Å²) in [4.78, 5) is 13.8. The van der Waals surface area contributed by atoms with Crippen LogP contribution >= 0.6 is 0 Å². The van der Waals surface area contributed by atoms with E-state index < -0.39 is 0 Å². The van der Waals surface area contributed by atoms with Gasteiger partial charge in [-0.1, -0.05) is 6.92 Å². The topological polar surface area (TPSA) is 49.8 Å². The molecular formula is C16H20FNO3. The second-order valence-corrected chi connectivity index (χ2v) is 4.99. The molecular weight excluding hydrogens is 273 g/mol. The molecule has 0 saturated carbocycles. The first-order valence-electron chi connectivity index (χ1n) is 7.13. The van der Waals surface area contributed by atoms with Crippen molar-refractivity contribution in [1.82, 2.24) is 4.90 Å². The van der Waals surface area contributed by atoms with E-state index >= 15 is 0 Å². The van der Waals surface area contributed by atoms with Crippen LogP contribution in [0.5, 0.6) is 5.75 Å². The normalized spacial score (nSPS) is 15.1. The Bertz CT molecular complexity index is 542. The molecule has 0 unspecified atom stereocenters. The molecule has 5 heteroatoms. The number of benzene rings is 1. The van der Waals surface area contributed by atoms with E-state index in [9.17, 15) is 9.18 Å². The van der Waals surface area contributed by atoms with Crippen molar-refractivity contribution < 1.29 is 19.0 Å². The second kappa shape index (κ2) is 7.22. The van der Waals surface area contributed by atoms with Crippen molar-refractivity contribution in [1.29, 1.82) is 0 Å². The molecule has 0 fully saturated rings. The van der Waals surface area contributed by atoms with Gasteiger partial charge in [0.2, 0.25) is 0 Å². The van der Waals surface area contributed by atoms with Crippen molar-refractivity contribution in [3.8, 4) is 5.75 Å². The predicted molar refractivity (Wildman–Crippen MR) is 78.1 cm³/mol. The molecule has 1 N–H and O–H groups in total. The number of amides is 1. The van der Waals surface area contributed by atoms with Crippen LogP contribution in [-0.2, 0) is 6.42 Å². The number of β-amino-alcohol motifs (C(OH)–C–C–N with tert-alkyl or cyclic N) is 1. The lowest BCUT2D eigenvalue weighted by Crippen LogP contribution is -2.39. The SMILES string of the molecule is CC/C(=C\F)COc1ccc2c(c1)CCN(CCO)C2=O. The van der Waals surface area contributed by atoms with Gasteiger partial charge in [0.15, 0.2) is 0 Å². The molecule has 2 rings (SSSR count). The van der Waals surface area contributed by atoms with Gasteiger partial charge in [-0.25, -0.2) is 4.39 Å². The number of hydrogen-bond donors (Lipinski definition) is 1. The molecule has 0 bridgehead atoms. The highest BCUT2D eigenvalue weighted by molar-refractivity contribution is 5.96. The van der Waals surface area contributed by atoms with Crippen LogP contribution in [0.15, 0.2) is 30.1 Å². The Balaban J connectivity index is 2.09. The molecule has 0 atom stereocenters. The third-order valence-corrected chi connectivity index (χ3v) is 3.65. The third kappa shape index (κ3) is 3.61. The summed E-state index contributed by atoms with van der Waals surface area (Å²) in [6.07, 6.45) is 1.92. The number of hydrogen-bond acceptors (Lipinski definition) is 3. The fraction of sp³-hybridized carbons (Fsp3) is 0.438. The molecule has 0 spiro atoms. The Morgan fingerprint density at radius 3 is 3.00 bits per heavy atom. The van der Waals surface area contributed by atoms with Crippen molar-refractivity contribution in [2.75, 3.05) is 26.3 Å². The summed E-state index contributed by atoms with van der Waals surface area (Å²) < 4.78 is 18.0. The molecule has 114 valence electrons. The van der Waals surface area contributed by atoms with Crippen LogP contribution in [0.1, 0.15) is 29.3 Å². The Hall–Kier alpha value is -1.88. The number of halogens is 1. The van der Waals surface area contributed by atoms with Crippen molar-refractivity contribution in [2.45, 2.75) is 19.8 Å². The first-order valence-corrected chi connectivity index (χ1v) is 7.13. The molecule has 21 heavy (non-hydrogen) atoms. The van der Waals surface area contributed by atoms with Gasteiger partial charge in [-0.05, 0) is 42.2 Å². The summed E-state index contributed by atoms with van der Waals surface area (Å²) in [7, 11) is 0. The number of nitrogens with zero attached hydrogens (tertiary/aromatic N) is 1. The summed E-state index contributed by atoms with van der Waals surface area (Å²) in [5.41, 5.74) is 2.19. The maximum atomic E-state index is 12.5. The summed E-state index contributed by atoms with van der Waals surface area (Å²) in [6, 6.07) is 5.31. The highest BCUT2D eigenvalue weighted by Crippen LogP contribution is 2.24. The van der Waals surface area contributed by atoms with E-state index in [0.29, 0.717) is 42.7 Å². The quantitative estimate of drug-likeness (QED) is 0.875. The number of fused-ring (bicyclic) bond motifs is 1. The van der Waals surface area contributed by atoms with Crippen LogP contribution < -0.4 is 4.74 Å². The minimum absolute atomic E-state index is 0.0301. The van der Waals surface area contributed by atoms with E-state index in [2.05, 4.69) is 0 Å². The van der Waals surface area contributed by atoms with Gasteiger partial charge < -0.3 is 14.7 Å². The molecule has 1 aromatic rings. The van der Waals surface area contributed by atoms with E-state index in [0.717, 1.165) is 12.0 Å². The molecule has 0 radical (unpaired) electrons. The monoisotopic (exact) mass is 293 g/mol. The predicted octanol–water partition coefficient (Wildman–Crippen LogP) is 2.32. The van der Waals surface area contributed by atoms with Crippen LogP contribution in [0.25, 0.3) is 0 Å². The van der Waals surface area contributed by atoms with Gasteiger partial charge in [-0.3, -0.25) is 4.79 Å². The van der Waals surface area contributed by atoms with E-state index in [1.165, 1.54) is 0 Å². The first kappa shape index (κ1) is 15.5. The Morgan fingerprint density at radius 1 is 1.52 bits per heavy atom. The summed E-state index contributed by atoms with van der Waals surface area (Å²) in [5.74, 6) is 0.583. The lowest BCUT2D eigenvalue weighted by Gasteiger charge is -2.28. The minimum atomic E-state index is -0.0604. The lowest BCUT2D eigenvalue weighted by atomic mass is 9.98. The van der Waals surface area contributed by atoms with Gasteiger partial charge in [-0.2, -0.15) is 0 Å². The molecule has 1 heterocycles. The standard InChI is InChI=1S/C16H20FNO3/c1-2-12(10-17)11-21-14-3-4-15-13(9-14)5-6-18(7-8-19)16(15)20/h3-4,9-10,19H,2,5-8,11H2,1H3/b12-10+. The average Bonchev–Trinajstić information content (AvgIpc) is 2.51. The van der Waals surface area contributed by atoms with Crippen LogP contribution in [-0.4, -0.2) is 42.2 Å². The summed E-state index contributed by atoms with van der Waals surface area (Å²) >= 11 is 0. The number of ether oxygens (including phenoxy) is 1. The van der Waals surface area contributed by atoms with E-state index in [-0.39, 0.29) is 19.1 Å². The minimum Gasteiger partial charge on any atom is -0.489 e. The fourth-order valence-corrected chi connectivity index (χ4v) is 2.32. The number of carbonyl (C=O) groups excluding carboxylic acids is 1. The molecule has 0 aliphatic carbocycles. The van der Waals surface area contributed by atoms with Gasteiger partial charge >= 0.3 is 0 Å². The average molecular weight is 293 g/mol. The Morgan fingerprint density at radius 2 is 2.33 bits per heavy atom. The molecule has 1 amide bonds. The van der Waals surface area contributed by atoms with Crippen molar-refractivity contribution in [3.63, 3.8) is 0 Å². The van der Waals surface area contributed by atoms with Gasteiger partial charge in [0, 0.05) is 18.7 Å². The molecule has 1 aliphatic heterocycles. The maximum absolute atomic E-state index is 12.5. The zero-order valence-corrected chi connectivity index (χ0v) is 12.1. The highest BCUT2D eigenvalue weighted by atomic mass is 19.1. The fourth-order valence-electron chi connectivity index (χ4n) is 2.32. The smallest absolute Gasteiger partial charge is 0.254 e. The Labute approximate surface area is 123 Å². The van der Waals surface area contributed by atoms with Crippen LogP contribution in [0.3, 0.4) is 0 Å². The molecule has 4 nitrogen and oxygen atoms in total. The third-order valence-electron chi connectivity index (χ3n) is 3.65. The van der Waals surface area contributed by atoms with Crippen LogP contribution in [0.2, 0.25) is 0 Å². The van der Waals surface area contributed by atoms with Gasteiger partial charge in [-0.15, -0.1) is 0 Å². The van der Waals surface area contributed by atoms with Gasteiger partial charge in [0.1, 0.15) is 12.4 Å². The largest absolute Gasteiger partial charge is 0.489 e. The van der Waals surface area contributed by atoms with Crippen molar-refractivity contribution >= 4 is 5.91 Å². The van der Waals surface area contributed by atoms with E-state index in [4.69, 9.17) is 9.84 Å². The zero-order chi connectivity index (χ0) is 15.2. The highest BCUT2D eigenvalue weighted by Gasteiger charge is 2.24. The lowest BCUT2D eigenvalue weighted by molar-refractivity contribution is 0.0705. The molecule has 1 aliphatic rings. The second-order valence-electron chi connectivity index (χ2n) is 4.99. The summed E-state index contributed by atoms with van der Waals surface area (Å²) in [6.45, 7) is 3.02. The number of rotatable bonds is 6. The molecule has 0 saturated heterocycles. The first-order chi connectivity index (χ1) is 10.2. The number of carbonyl (C=O) groups is 1. The summed E-state index contributed by atoms with van der Waals surface area (Å²) in [5, 5.41) is 8.95. The molecule has 1 aromatic carbocycles. The van der Waals surface area contributed by atoms with Crippen LogP contribution in [0, 0.1) is 0 Å². The van der Waals surface area contributed by atoms with Crippen molar-refractivity contribution in [2.24, 2.45) is 0 Å². The maximum Gasteiger partial charge on any atom is 0.254 e. The zero-order valence-electron chi connectivity index (χ0n) is 12.1. The number of aliphatic hydroxyl groups is 1. The van der Waals surface area contributed by atoms with Crippen LogP contribution in [0.4, 0.5) is 4.39 Å². The van der Waals surface area contributed by atoms with E-state index in [1.807, 2.05) is 13.0 Å². The van der Waals surface area contributed by atoms with E-state index in [1.54, 1.807) is 17.0 Å². The van der Waals surface area contributed by atoms with Gasteiger partial charge in [0.05, 0.1) is 12.9 Å². The van der Waals surface area contributed by atoms with Crippen molar-refractivity contribution in [3.05, 3.63) is 41.2 Å². The number of aliphatic hydroxyl groups excluding tert-OH is 1. The van der Waals surface area contributed by atoms with Gasteiger partial charge in [0.25, 0.3) is 5.91 Å².